The number of anilines is 1. The van der Waals surface area contributed by atoms with Gasteiger partial charge in [-0.2, -0.15) is 11.8 Å². The van der Waals surface area contributed by atoms with Crippen LogP contribution in [-0.4, -0.2) is 30.1 Å². The van der Waals surface area contributed by atoms with Crippen LogP contribution in [0.25, 0.3) is 0 Å². The maximum Gasteiger partial charge on any atom is 0.0592 e. The Balaban J connectivity index is 2.78. The largest absolute Gasteiger partial charge is 0.370 e. The number of rotatable bonds is 4. The summed E-state index contributed by atoms with van der Waals surface area (Å²) in [4.78, 5) is 6.32. The zero-order chi connectivity index (χ0) is 10.6. The molecule has 1 rings (SSSR count). The third-order valence-corrected chi connectivity index (χ3v) is 3.63. The van der Waals surface area contributed by atoms with Crippen LogP contribution < -0.4 is 4.90 Å². The van der Waals surface area contributed by atoms with Crippen molar-refractivity contribution in [2.45, 2.75) is 13.0 Å². The molecule has 0 aliphatic rings. The van der Waals surface area contributed by atoms with Crippen LogP contribution in [0.4, 0.5) is 5.69 Å². The van der Waals surface area contributed by atoms with Crippen molar-refractivity contribution in [2.24, 2.45) is 0 Å². The highest BCUT2D eigenvalue weighted by atomic mass is 79.9. The molecule has 0 fully saturated rings. The molecule has 0 aromatic carbocycles. The van der Waals surface area contributed by atoms with Crippen molar-refractivity contribution in [1.82, 2.24) is 4.98 Å². The fourth-order valence-electron chi connectivity index (χ4n) is 1.24. The first-order valence-electron chi connectivity index (χ1n) is 4.48. The second-order valence-electron chi connectivity index (χ2n) is 3.24. The predicted molar refractivity (Wildman–Crippen MR) is 68.2 cm³/mol. The lowest BCUT2D eigenvalue weighted by molar-refractivity contribution is 0.763. The highest BCUT2D eigenvalue weighted by Gasteiger charge is 2.11. The van der Waals surface area contributed by atoms with Gasteiger partial charge in [-0.1, -0.05) is 0 Å². The molecule has 0 radical (unpaired) electrons. The van der Waals surface area contributed by atoms with E-state index < -0.39 is 0 Å². The lowest BCUT2D eigenvalue weighted by atomic mass is 10.3. The molecule has 1 aromatic rings. The third-order valence-electron chi connectivity index (χ3n) is 2.20. The number of pyridine rings is 1. The molecule has 0 bridgehead atoms. The molecule has 1 unspecified atom stereocenters. The maximum absolute atomic E-state index is 4.05. The highest BCUT2D eigenvalue weighted by Crippen LogP contribution is 2.25. The zero-order valence-corrected chi connectivity index (χ0v) is 11.1. The second kappa shape index (κ2) is 5.61. The summed E-state index contributed by atoms with van der Waals surface area (Å²) in [5, 5.41) is 0. The quantitative estimate of drug-likeness (QED) is 0.840. The van der Waals surface area contributed by atoms with E-state index in [0.717, 1.165) is 10.2 Å². The number of nitrogens with zero attached hydrogens (tertiary/aromatic N) is 2. The van der Waals surface area contributed by atoms with Crippen LogP contribution >= 0.6 is 27.7 Å². The van der Waals surface area contributed by atoms with Crippen LogP contribution in [-0.2, 0) is 0 Å². The van der Waals surface area contributed by atoms with E-state index in [1.165, 1.54) is 5.69 Å². The SMILES string of the molecule is CSCC(C)N(C)c1ccncc1Br. The summed E-state index contributed by atoms with van der Waals surface area (Å²) in [6.07, 6.45) is 5.78. The summed E-state index contributed by atoms with van der Waals surface area (Å²) in [5.74, 6) is 1.13. The first-order valence-corrected chi connectivity index (χ1v) is 6.66. The van der Waals surface area contributed by atoms with Gasteiger partial charge in [0, 0.05) is 31.2 Å². The van der Waals surface area contributed by atoms with Crippen LogP contribution in [0, 0.1) is 0 Å². The molecular weight excluding hydrogens is 260 g/mol. The van der Waals surface area contributed by atoms with Gasteiger partial charge >= 0.3 is 0 Å². The van der Waals surface area contributed by atoms with E-state index in [0.29, 0.717) is 6.04 Å². The van der Waals surface area contributed by atoms with Crippen LogP contribution in [0.15, 0.2) is 22.9 Å². The van der Waals surface area contributed by atoms with Gasteiger partial charge in [-0.25, -0.2) is 0 Å². The highest BCUT2D eigenvalue weighted by molar-refractivity contribution is 9.10. The summed E-state index contributed by atoms with van der Waals surface area (Å²) in [6, 6.07) is 2.56. The molecule has 0 aliphatic carbocycles. The average molecular weight is 275 g/mol. The molecule has 0 amide bonds. The molecule has 2 nitrogen and oxygen atoms in total. The fraction of sp³-hybridized carbons (Fsp3) is 0.500. The average Bonchev–Trinajstić information content (AvgIpc) is 2.18. The molecule has 1 atom stereocenters. The number of hydrogen-bond acceptors (Lipinski definition) is 3. The Hall–Kier alpha value is -0.220. The normalized spacial score (nSPS) is 12.6. The van der Waals surface area contributed by atoms with Crippen LogP contribution in [0.5, 0.6) is 0 Å². The molecule has 78 valence electrons. The molecule has 14 heavy (non-hydrogen) atoms. The van der Waals surface area contributed by atoms with Gasteiger partial charge in [0.05, 0.1) is 10.2 Å². The first-order chi connectivity index (χ1) is 6.66. The number of hydrogen-bond donors (Lipinski definition) is 0. The Kier molecular flexibility index (Phi) is 4.75. The van der Waals surface area contributed by atoms with Gasteiger partial charge in [0.25, 0.3) is 0 Å². The summed E-state index contributed by atoms with van der Waals surface area (Å²) in [6.45, 7) is 2.23. The van der Waals surface area contributed by atoms with Gasteiger partial charge in [0.15, 0.2) is 0 Å². The van der Waals surface area contributed by atoms with E-state index in [-0.39, 0.29) is 0 Å². The van der Waals surface area contributed by atoms with E-state index in [1.807, 2.05) is 30.2 Å². The van der Waals surface area contributed by atoms with E-state index in [1.54, 1.807) is 0 Å². The molecule has 0 spiro atoms. The summed E-state index contributed by atoms with van der Waals surface area (Å²) < 4.78 is 1.05. The topological polar surface area (TPSA) is 16.1 Å². The Bertz CT molecular complexity index is 293. The molecule has 0 N–H and O–H groups in total. The predicted octanol–water partition coefficient (Wildman–Crippen LogP) is 3.03. The Morgan fingerprint density at radius 3 is 2.93 bits per heavy atom. The minimum absolute atomic E-state index is 0.531. The lowest BCUT2D eigenvalue weighted by Crippen LogP contribution is -2.31. The van der Waals surface area contributed by atoms with Crippen molar-refractivity contribution < 1.29 is 0 Å². The van der Waals surface area contributed by atoms with E-state index in [9.17, 15) is 0 Å². The molecule has 0 aliphatic heterocycles. The Morgan fingerprint density at radius 1 is 1.64 bits per heavy atom. The zero-order valence-electron chi connectivity index (χ0n) is 8.70. The molecule has 0 saturated carbocycles. The van der Waals surface area contributed by atoms with Crippen molar-refractivity contribution in [3.8, 4) is 0 Å². The van der Waals surface area contributed by atoms with E-state index >= 15 is 0 Å². The van der Waals surface area contributed by atoms with Gasteiger partial charge in [0.2, 0.25) is 0 Å². The Morgan fingerprint density at radius 2 is 2.36 bits per heavy atom. The summed E-state index contributed by atoms with van der Waals surface area (Å²) in [5.41, 5.74) is 1.20. The molecule has 1 aromatic heterocycles. The van der Waals surface area contributed by atoms with Gasteiger partial charge in [-0.15, -0.1) is 0 Å². The van der Waals surface area contributed by atoms with Crippen molar-refractivity contribution in [3.05, 3.63) is 22.9 Å². The first kappa shape index (κ1) is 11.9. The van der Waals surface area contributed by atoms with Crippen molar-refractivity contribution in [1.29, 1.82) is 0 Å². The fourth-order valence-corrected chi connectivity index (χ4v) is 2.48. The third kappa shape index (κ3) is 2.89. The summed E-state index contributed by atoms with van der Waals surface area (Å²) in [7, 11) is 2.11. The second-order valence-corrected chi connectivity index (χ2v) is 5.01. The Labute approximate surface area is 98.2 Å². The number of thioether (sulfide) groups is 1. The standard InChI is InChI=1S/C10H15BrN2S/c1-8(7-14-3)13(2)10-4-5-12-6-9(10)11/h4-6,8H,7H2,1-3H3. The van der Waals surface area contributed by atoms with Crippen molar-refractivity contribution in [2.75, 3.05) is 24.0 Å². The van der Waals surface area contributed by atoms with E-state index in [2.05, 4.69) is 46.0 Å². The monoisotopic (exact) mass is 274 g/mol. The van der Waals surface area contributed by atoms with Gasteiger partial charge in [0.1, 0.15) is 0 Å². The van der Waals surface area contributed by atoms with Crippen molar-refractivity contribution in [3.63, 3.8) is 0 Å². The number of halogens is 1. The smallest absolute Gasteiger partial charge is 0.0592 e. The molecular formula is C10H15BrN2S. The molecule has 0 saturated heterocycles. The molecule has 1 heterocycles. The van der Waals surface area contributed by atoms with Crippen LogP contribution in [0.1, 0.15) is 6.92 Å². The summed E-state index contributed by atoms with van der Waals surface area (Å²) >= 11 is 5.37. The van der Waals surface area contributed by atoms with Crippen molar-refractivity contribution >= 4 is 33.4 Å². The van der Waals surface area contributed by atoms with Crippen LogP contribution in [0.3, 0.4) is 0 Å². The minimum Gasteiger partial charge on any atom is -0.370 e. The van der Waals surface area contributed by atoms with Gasteiger partial charge in [-0.05, 0) is 35.2 Å². The minimum atomic E-state index is 0.531. The molecule has 4 heteroatoms. The van der Waals surface area contributed by atoms with Gasteiger partial charge < -0.3 is 4.90 Å². The van der Waals surface area contributed by atoms with E-state index in [4.69, 9.17) is 0 Å². The van der Waals surface area contributed by atoms with Crippen LogP contribution in [0.2, 0.25) is 0 Å². The lowest BCUT2D eigenvalue weighted by Gasteiger charge is -2.27. The number of aromatic nitrogens is 1. The maximum atomic E-state index is 4.05. The van der Waals surface area contributed by atoms with Gasteiger partial charge in [-0.3, -0.25) is 4.98 Å².